The van der Waals surface area contributed by atoms with Gasteiger partial charge in [0.15, 0.2) is 0 Å². The number of halogens is 2. The molecule has 1 aromatic carbocycles. The van der Waals surface area contributed by atoms with Gasteiger partial charge in [-0.2, -0.15) is 0 Å². The molecule has 3 amide bonds. The maximum absolute atomic E-state index is 12.8. The molecule has 0 unspecified atom stereocenters. The van der Waals surface area contributed by atoms with Crippen molar-refractivity contribution in [3.63, 3.8) is 0 Å². The molecule has 32 heavy (non-hydrogen) atoms. The molecule has 1 saturated carbocycles. The van der Waals surface area contributed by atoms with Gasteiger partial charge in [-0.1, -0.05) is 23.2 Å². The lowest BCUT2D eigenvalue weighted by Gasteiger charge is -2.36. The third-order valence-electron chi connectivity index (χ3n) is 7.23. The summed E-state index contributed by atoms with van der Waals surface area (Å²) in [5, 5.41) is 14.0. The zero-order valence-electron chi connectivity index (χ0n) is 18.5. The standard InChI is InChI=1S/C23H32Cl2N4O3/c1-16-14-28(10-2-9-27-12-8-23(6-7-23)20(30)15-27)21(31)5-11-29(16)22(32)26-17-3-4-18(24)19(25)13-17/h3-4,13,16,20,30H,2,5-12,14-15H2,1H3,(H,26,32)/t16-,20-/m1/s1. The topological polar surface area (TPSA) is 76.1 Å². The largest absolute Gasteiger partial charge is 0.391 e. The molecule has 3 fully saturated rings. The fraction of sp³-hybridized carbons (Fsp3) is 0.652. The maximum Gasteiger partial charge on any atom is 0.322 e. The highest BCUT2D eigenvalue weighted by molar-refractivity contribution is 6.42. The van der Waals surface area contributed by atoms with Crippen molar-refractivity contribution >= 4 is 40.8 Å². The number of benzene rings is 1. The second-order valence-electron chi connectivity index (χ2n) is 9.47. The lowest BCUT2D eigenvalue weighted by Crippen LogP contribution is -2.46. The number of urea groups is 1. The minimum atomic E-state index is -0.248. The molecule has 2 saturated heterocycles. The van der Waals surface area contributed by atoms with Crippen molar-refractivity contribution in [2.45, 2.75) is 51.2 Å². The van der Waals surface area contributed by atoms with Crippen molar-refractivity contribution in [2.24, 2.45) is 5.41 Å². The van der Waals surface area contributed by atoms with E-state index >= 15 is 0 Å². The number of nitrogens with one attached hydrogen (secondary N) is 1. The number of carbonyl (C=O) groups is 2. The highest BCUT2D eigenvalue weighted by Crippen LogP contribution is 2.53. The van der Waals surface area contributed by atoms with E-state index in [1.165, 1.54) is 0 Å². The van der Waals surface area contributed by atoms with E-state index in [1.54, 1.807) is 23.1 Å². The summed E-state index contributed by atoms with van der Waals surface area (Å²) in [5.74, 6) is 0.0808. The minimum absolute atomic E-state index is 0.0808. The number of piperidine rings is 1. The van der Waals surface area contributed by atoms with Crippen LogP contribution in [0.4, 0.5) is 10.5 Å². The van der Waals surface area contributed by atoms with Crippen molar-refractivity contribution in [3.05, 3.63) is 28.2 Å². The number of β-amino-alcohol motifs (C(OH)–C–C–N with tert-alkyl or cyclic N) is 1. The molecule has 2 atom stereocenters. The lowest BCUT2D eigenvalue weighted by molar-refractivity contribution is -0.130. The summed E-state index contributed by atoms with van der Waals surface area (Å²) in [6.07, 6.45) is 4.38. The highest BCUT2D eigenvalue weighted by Gasteiger charge is 2.51. The Morgan fingerprint density at radius 2 is 1.94 bits per heavy atom. The van der Waals surface area contributed by atoms with Crippen molar-refractivity contribution in [2.75, 3.05) is 44.6 Å². The maximum atomic E-state index is 12.8. The monoisotopic (exact) mass is 482 g/mol. The molecule has 0 aromatic heterocycles. The first-order valence-electron chi connectivity index (χ1n) is 11.5. The molecule has 9 heteroatoms. The predicted octanol–water partition coefficient (Wildman–Crippen LogP) is 3.69. The van der Waals surface area contributed by atoms with Gasteiger partial charge in [-0.3, -0.25) is 4.79 Å². The normalized spacial score (nSPS) is 25.7. The molecule has 1 aromatic rings. The van der Waals surface area contributed by atoms with Gasteiger partial charge in [0.2, 0.25) is 5.91 Å². The number of carbonyl (C=O) groups excluding carboxylic acids is 2. The molecular weight excluding hydrogens is 451 g/mol. The smallest absolute Gasteiger partial charge is 0.322 e. The zero-order chi connectivity index (χ0) is 22.9. The van der Waals surface area contributed by atoms with Crippen LogP contribution in [0, 0.1) is 5.41 Å². The van der Waals surface area contributed by atoms with Gasteiger partial charge < -0.3 is 25.1 Å². The number of hydrogen-bond acceptors (Lipinski definition) is 4. The van der Waals surface area contributed by atoms with Crippen LogP contribution in [0.5, 0.6) is 0 Å². The second kappa shape index (κ2) is 9.75. The molecule has 176 valence electrons. The Morgan fingerprint density at radius 3 is 2.62 bits per heavy atom. The Labute approximate surface area is 199 Å². The molecule has 2 aliphatic heterocycles. The molecule has 4 rings (SSSR count). The fourth-order valence-corrected chi connectivity index (χ4v) is 5.21. The van der Waals surface area contributed by atoms with Crippen LogP contribution in [-0.2, 0) is 4.79 Å². The number of nitrogens with zero attached hydrogens (tertiary/aromatic N) is 3. The molecule has 3 aliphatic rings. The average Bonchev–Trinajstić information content (AvgIpc) is 3.54. The summed E-state index contributed by atoms with van der Waals surface area (Å²) >= 11 is 12.0. The van der Waals surface area contributed by atoms with Gasteiger partial charge in [0.1, 0.15) is 0 Å². The molecule has 2 N–H and O–H groups in total. The quantitative estimate of drug-likeness (QED) is 0.670. The summed E-state index contributed by atoms with van der Waals surface area (Å²) in [6.45, 7) is 6.19. The van der Waals surface area contributed by atoms with Gasteiger partial charge in [0.05, 0.1) is 16.1 Å². The Morgan fingerprint density at radius 1 is 1.16 bits per heavy atom. The predicted molar refractivity (Wildman–Crippen MR) is 126 cm³/mol. The second-order valence-corrected chi connectivity index (χ2v) is 10.3. The van der Waals surface area contributed by atoms with E-state index in [-0.39, 0.29) is 29.5 Å². The van der Waals surface area contributed by atoms with Crippen LogP contribution in [0.1, 0.15) is 39.0 Å². The summed E-state index contributed by atoms with van der Waals surface area (Å²) in [5.41, 5.74) is 0.786. The van der Waals surface area contributed by atoms with Crippen molar-refractivity contribution in [3.8, 4) is 0 Å². The number of aliphatic hydroxyl groups is 1. The van der Waals surface area contributed by atoms with Crippen LogP contribution in [0.25, 0.3) is 0 Å². The van der Waals surface area contributed by atoms with Crippen LogP contribution in [0.15, 0.2) is 18.2 Å². The van der Waals surface area contributed by atoms with E-state index < -0.39 is 0 Å². The van der Waals surface area contributed by atoms with E-state index in [0.29, 0.717) is 41.8 Å². The first kappa shape index (κ1) is 23.6. The number of amides is 3. The number of anilines is 1. The molecule has 1 aliphatic carbocycles. The molecule has 0 radical (unpaired) electrons. The number of hydrogen-bond donors (Lipinski definition) is 2. The van der Waals surface area contributed by atoms with E-state index in [0.717, 1.165) is 45.3 Å². The van der Waals surface area contributed by atoms with Gasteiger partial charge >= 0.3 is 6.03 Å². The van der Waals surface area contributed by atoms with Gasteiger partial charge in [0, 0.05) is 44.3 Å². The van der Waals surface area contributed by atoms with Crippen molar-refractivity contribution in [1.29, 1.82) is 0 Å². The summed E-state index contributed by atoms with van der Waals surface area (Å²) in [4.78, 5) is 31.4. The van der Waals surface area contributed by atoms with E-state index in [4.69, 9.17) is 23.2 Å². The third-order valence-corrected chi connectivity index (χ3v) is 7.97. The zero-order valence-corrected chi connectivity index (χ0v) is 20.0. The molecule has 0 bridgehead atoms. The van der Waals surface area contributed by atoms with E-state index in [2.05, 4.69) is 10.2 Å². The van der Waals surface area contributed by atoms with Crippen LogP contribution in [-0.4, -0.2) is 83.2 Å². The fourth-order valence-electron chi connectivity index (χ4n) is 4.91. The molecule has 2 heterocycles. The molecule has 1 spiro atoms. The lowest BCUT2D eigenvalue weighted by atomic mass is 9.90. The number of rotatable bonds is 5. The van der Waals surface area contributed by atoms with Crippen LogP contribution < -0.4 is 5.32 Å². The SMILES string of the molecule is C[C@@H]1CN(CCCN2CCC3(CC3)[C@H](O)C2)C(=O)CCN1C(=O)Nc1ccc(Cl)c(Cl)c1. The first-order valence-corrected chi connectivity index (χ1v) is 12.2. The molecule has 7 nitrogen and oxygen atoms in total. The molecular formula is C23H32Cl2N4O3. The Bertz CT molecular complexity index is 864. The number of likely N-dealkylation sites (tertiary alicyclic amines) is 1. The third kappa shape index (κ3) is 5.33. The summed E-state index contributed by atoms with van der Waals surface area (Å²) in [6, 6.07) is 4.61. The van der Waals surface area contributed by atoms with E-state index in [9.17, 15) is 14.7 Å². The Kier molecular flexibility index (Phi) is 7.20. The van der Waals surface area contributed by atoms with Crippen molar-refractivity contribution < 1.29 is 14.7 Å². The van der Waals surface area contributed by atoms with Crippen molar-refractivity contribution in [1.82, 2.24) is 14.7 Å². The highest BCUT2D eigenvalue weighted by atomic mass is 35.5. The Hall–Kier alpha value is -1.54. The number of aliphatic hydroxyl groups excluding tert-OH is 1. The van der Waals surface area contributed by atoms with Gasteiger partial charge in [-0.15, -0.1) is 0 Å². The Balaban J connectivity index is 1.26. The van der Waals surface area contributed by atoms with E-state index in [1.807, 2.05) is 11.8 Å². The van der Waals surface area contributed by atoms with Gasteiger partial charge in [-0.25, -0.2) is 4.79 Å². The van der Waals surface area contributed by atoms with Crippen LogP contribution in [0.3, 0.4) is 0 Å². The van der Waals surface area contributed by atoms with Gasteiger partial charge in [-0.05, 0) is 69.3 Å². The average molecular weight is 483 g/mol. The summed E-state index contributed by atoms with van der Waals surface area (Å²) < 4.78 is 0. The van der Waals surface area contributed by atoms with Gasteiger partial charge in [0.25, 0.3) is 0 Å². The minimum Gasteiger partial charge on any atom is -0.391 e. The van der Waals surface area contributed by atoms with Crippen LogP contribution in [0.2, 0.25) is 10.0 Å². The summed E-state index contributed by atoms with van der Waals surface area (Å²) in [7, 11) is 0. The van der Waals surface area contributed by atoms with Crippen LogP contribution >= 0.6 is 23.2 Å². The first-order chi connectivity index (χ1) is 15.3.